The van der Waals surface area contributed by atoms with Crippen molar-refractivity contribution in [1.82, 2.24) is 10.3 Å². The molecule has 1 N–H and O–H groups in total. The van der Waals surface area contributed by atoms with Crippen molar-refractivity contribution >= 4 is 27.1 Å². The molecule has 10 heteroatoms. The maximum absolute atomic E-state index is 11.9. The van der Waals surface area contributed by atoms with Crippen LogP contribution in [-0.4, -0.2) is 37.8 Å². The van der Waals surface area contributed by atoms with Crippen molar-refractivity contribution in [2.45, 2.75) is 38.1 Å². The van der Waals surface area contributed by atoms with E-state index < -0.39 is 40.0 Å². The Kier molecular flexibility index (Phi) is 5.61. The molecule has 0 aromatic carbocycles. The van der Waals surface area contributed by atoms with Gasteiger partial charge in [0, 0.05) is 10.8 Å². The highest BCUT2D eigenvalue weighted by atomic mass is 32.2. The molecule has 5 nitrogen and oxygen atoms in total. The van der Waals surface area contributed by atoms with Gasteiger partial charge in [-0.15, -0.1) is 11.3 Å². The maximum Gasteiger partial charge on any atom is 0.405 e. The van der Waals surface area contributed by atoms with Gasteiger partial charge in [0.1, 0.15) is 12.3 Å². The SMILES string of the molecule is CC(C)(C)c1nc(CS(=O)(=O)CC(=O)NCC(F)(F)F)cs1. The van der Waals surface area contributed by atoms with Crippen LogP contribution in [0.5, 0.6) is 0 Å². The molecule has 0 aliphatic carbocycles. The molecule has 22 heavy (non-hydrogen) atoms. The van der Waals surface area contributed by atoms with Gasteiger partial charge in [0.2, 0.25) is 5.91 Å². The van der Waals surface area contributed by atoms with Crippen molar-refractivity contribution in [2.24, 2.45) is 0 Å². The summed E-state index contributed by atoms with van der Waals surface area (Å²) in [6, 6.07) is 0. The van der Waals surface area contributed by atoms with Crippen LogP contribution in [0.15, 0.2) is 5.38 Å². The first-order valence-corrected chi connectivity index (χ1v) is 8.97. The van der Waals surface area contributed by atoms with E-state index in [4.69, 9.17) is 0 Å². The predicted molar refractivity (Wildman–Crippen MR) is 77.4 cm³/mol. The van der Waals surface area contributed by atoms with Crippen molar-refractivity contribution in [2.75, 3.05) is 12.3 Å². The second kappa shape index (κ2) is 6.53. The van der Waals surface area contributed by atoms with Crippen molar-refractivity contribution in [3.8, 4) is 0 Å². The number of carbonyl (C=O) groups is 1. The lowest BCUT2D eigenvalue weighted by Crippen LogP contribution is -2.37. The molecule has 0 saturated heterocycles. The summed E-state index contributed by atoms with van der Waals surface area (Å²) < 4.78 is 59.4. The minimum Gasteiger partial charge on any atom is -0.346 e. The van der Waals surface area contributed by atoms with Gasteiger partial charge in [-0.25, -0.2) is 13.4 Å². The predicted octanol–water partition coefficient (Wildman–Crippen LogP) is 2.03. The average Bonchev–Trinajstić information content (AvgIpc) is 2.72. The topological polar surface area (TPSA) is 76.1 Å². The fraction of sp³-hybridized carbons (Fsp3) is 0.667. The summed E-state index contributed by atoms with van der Waals surface area (Å²) in [5, 5.41) is 3.86. The maximum atomic E-state index is 11.9. The Morgan fingerprint density at radius 3 is 2.36 bits per heavy atom. The molecule has 0 aliphatic rings. The summed E-state index contributed by atoms with van der Waals surface area (Å²) in [4.78, 5) is 15.4. The summed E-state index contributed by atoms with van der Waals surface area (Å²) in [5.74, 6) is -2.65. The van der Waals surface area contributed by atoms with Crippen molar-refractivity contribution in [1.29, 1.82) is 0 Å². The number of hydrogen-bond donors (Lipinski definition) is 1. The average molecular weight is 358 g/mol. The van der Waals surface area contributed by atoms with Crippen LogP contribution in [0.3, 0.4) is 0 Å². The third-order valence-electron chi connectivity index (χ3n) is 2.40. The molecule has 0 unspecified atom stereocenters. The molecule has 0 spiro atoms. The molecule has 0 atom stereocenters. The lowest BCUT2D eigenvalue weighted by molar-refractivity contribution is -0.137. The fourth-order valence-electron chi connectivity index (χ4n) is 1.44. The molecule has 1 heterocycles. The Bertz CT molecular complexity index is 631. The summed E-state index contributed by atoms with van der Waals surface area (Å²) in [5.41, 5.74) is 0.0649. The molecular formula is C12H17F3N2O3S2. The van der Waals surface area contributed by atoms with Gasteiger partial charge in [-0.3, -0.25) is 4.79 Å². The van der Waals surface area contributed by atoms with E-state index in [1.54, 1.807) is 5.38 Å². The first kappa shape index (κ1) is 18.9. The van der Waals surface area contributed by atoms with Crippen molar-refractivity contribution < 1.29 is 26.4 Å². The van der Waals surface area contributed by atoms with Gasteiger partial charge in [0.15, 0.2) is 9.84 Å². The Morgan fingerprint density at radius 2 is 1.91 bits per heavy atom. The van der Waals surface area contributed by atoms with Gasteiger partial charge in [0.05, 0.1) is 16.5 Å². The number of amides is 1. The Hall–Kier alpha value is -1.16. The highest BCUT2D eigenvalue weighted by Crippen LogP contribution is 2.26. The van der Waals surface area contributed by atoms with E-state index in [1.165, 1.54) is 16.7 Å². The minimum absolute atomic E-state index is 0.225. The van der Waals surface area contributed by atoms with Gasteiger partial charge in [0.25, 0.3) is 0 Å². The number of rotatable bonds is 5. The van der Waals surface area contributed by atoms with Crippen LogP contribution in [0.4, 0.5) is 13.2 Å². The highest BCUT2D eigenvalue weighted by molar-refractivity contribution is 7.91. The van der Waals surface area contributed by atoms with Crippen LogP contribution < -0.4 is 5.32 Å². The third-order valence-corrected chi connectivity index (χ3v) is 5.15. The van der Waals surface area contributed by atoms with Crippen LogP contribution in [0.1, 0.15) is 31.5 Å². The van der Waals surface area contributed by atoms with Crippen LogP contribution in [0.2, 0.25) is 0 Å². The number of aromatic nitrogens is 1. The lowest BCUT2D eigenvalue weighted by Gasteiger charge is -2.13. The number of nitrogens with one attached hydrogen (secondary N) is 1. The second-order valence-corrected chi connectivity index (χ2v) is 8.74. The standard InChI is InChI=1S/C12H17F3N2O3S2/c1-11(2,3)10-17-8(4-21-10)5-22(19,20)6-9(18)16-7-12(13,14)15/h4H,5-7H2,1-3H3,(H,16,18). The summed E-state index contributed by atoms with van der Waals surface area (Å²) in [6.45, 7) is 4.23. The normalized spacial score (nSPS) is 13.2. The van der Waals surface area contributed by atoms with Crippen molar-refractivity contribution in [3.05, 3.63) is 16.1 Å². The molecule has 0 saturated carbocycles. The molecule has 0 aliphatic heterocycles. The van der Waals surface area contributed by atoms with E-state index >= 15 is 0 Å². The van der Waals surface area contributed by atoms with E-state index in [0.717, 1.165) is 5.01 Å². The molecule has 0 fully saturated rings. The van der Waals surface area contributed by atoms with Gasteiger partial charge in [-0.1, -0.05) is 20.8 Å². The first-order chi connectivity index (χ1) is 9.78. The fourth-order valence-corrected chi connectivity index (χ4v) is 3.66. The molecular weight excluding hydrogens is 341 g/mol. The van der Waals surface area contributed by atoms with Crippen LogP contribution in [0.25, 0.3) is 0 Å². The number of nitrogens with zero attached hydrogens (tertiary/aromatic N) is 1. The molecule has 1 rings (SSSR count). The quantitative estimate of drug-likeness (QED) is 0.874. The summed E-state index contributed by atoms with van der Waals surface area (Å²) >= 11 is 1.30. The third kappa shape index (κ3) is 6.73. The van der Waals surface area contributed by atoms with Gasteiger partial charge < -0.3 is 5.32 Å². The van der Waals surface area contributed by atoms with E-state index in [0.29, 0.717) is 5.69 Å². The smallest absolute Gasteiger partial charge is 0.346 e. The Morgan fingerprint density at radius 1 is 1.32 bits per heavy atom. The van der Waals surface area contributed by atoms with E-state index in [1.807, 2.05) is 20.8 Å². The number of thiazole rings is 1. The zero-order valence-corrected chi connectivity index (χ0v) is 14.0. The monoisotopic (exact) mass is 358 g/mol. The number of hydrogen-bond acceptors (Lipinski definition) is 5. The first-order valence-electron chi connectivity index (χ1n) is 6.27. The Labute approximate surface area is 130 Å². The molecule has 0 radical (unpaired) electrons. The van der Waals surface area contributed by atoms with Crippen LogP contribution in [0, 0.1) is 0 Å². The van der Waals surface area contributed by atoms with Crippen LogP contribution in [-0.2, 0) is 25.8 Å². The second-order valence-electron chi connectivity index (χ2n) is 5.82. The minimum atomic E-state index is -4.57. The van der Waals surface area contributed by atoms with Gasteiger partial charge in [-0.05, 0) is 0 Å². The molecule has 1 aromatic heterocycles. The number of carbonyl (C=O) groups excluding carboxylic acids is 1. The Balaban J connectivity index is 2.64. The number of halogens is 3. The van der Waals surface area contributed by atoms with Crippen molar-refractivity contribution in [3.63, 3.8) is 0 Å². The lowest BCUT2D eigenvalue weighted by atomic mass is 9.98. The number of alkyl halides is 3. The van der Waals surface area contributed by atoms with E-state index in [9.17, 15) is 26.4 Å². The van der Waals surface area contributed by atoms with Crippen LogP contribution >= 0.6 is 11.3 Å². The zero-order chi connectivity index (χ0) is 17.2. The van der Waals surface area contributed by atoms with Gasteiger partial charge in [-0.2, -0.15) is 13.2 Å². The zero-order valence-electron chi connectivity index (χ0n) is 12.3. The van der Waals surface area contributed by atoms with E-state index in [-0.39, 0.29) is 5.41 Å². The van der Waals surface area contributed by atoms with Gasteiger partial charge >= 0.3 is 6.18 Å². The molecule has 0 bridgehead atoms. The largest absolute Gasteiger partial charge is 0.405 e. The number of sulfone groups is 1. The molecule has 1 amide bonds. The molecule has 1 aromatic rings. The highest BCUT2D eigenvalue weighted by Gasteiger charge is 2.29. The summed E-state index contributed by atoms with van der Waals surface area (Å²) in [7, 11) is -3.87. The molecule has 126 valence electrons. The van der Waals surface area contributed by atoms with E-state index in [2.05, 4.69) is 4.98 Å². The summed E-state index contributed by atoms with van der Waals surface area (Å²) in [6.07, 6.45) is -4.57.